The lowest BCUT2D eigenvalue weighted by atomic mass is 10.1. The number of pyridine rings is 1. The number of aryl methyl sites for hydroxylation is 2. The molecule has 0 fully saturated rings. The lowest BCUT2D eigenvalue weighted by molar-refractivity contribution is 0.569. The largest absolute Gasteiger partial charge is 0.278 e. The van der Waals surface area contributed by atoms with Crippen LogP contribution in [0, 0.1) is 12.7 Å². The third-order valence-corrected chi connectivity index (χ3v) is 6.66. The van der Waals surface area contributed by atoms with Crippen molar-refractivity contribution in [1.29, 1.82) is 0 Å². The molecule has 34 heavy (non-hydrogen) atoms. The van der Waals surface area contributed by atoms with Gasteiger partial charge < -0.3 is 0 Å². The van der Waals surface area contributed by atoms with Gasteiger partial charge >= 0.3 is 0 Å². The van der Waals surface area contributed by atoms with E-state index in [0.717, 1.165) is 16.6 Å². The Morgan fingerprint density at radius 1 is 0.912 bits per heavy atom. The van der Waals surface area contributed by atoms with Gasteiger partial charge in [0.2, 0.25) is 0 Å². The Hall–Kier alpha value is -4.18. The van der Waals surface area contributed by atoms with E-state index in [-0.39, 0.29) is 5.69 Å². The van der Waals surface area contributed by atoms with Crippen LogP contribution in [0.25, 0.3) is 33.4 Å². The summed E-state index contributed by atoms with van der Waals surface area (Å²) in [6, 6.07) is 11.2. The van der Waals surface area contributed by atoms with Crippen molar-refractivity contribution in [3.8, 4) is 22.4 Å². The van der Waals surface area contributed by atoms with E-state index < -0.39 is 20.7 Å². The first-order chi connectivity index (χ1) is 16.3. The average molecular weight is 475 g/mol. The molecule has 0 amide bonds. The van der Waals surface area contributed by atoms with Gasteiger partial charge in [-0.05, 0) is 48.4 Å². The molecule has 3 heterocycles. The minimum Gasteiger partial charge on any atom is -0.278 e. The SMILES string of the molecule is Cc1ccc(S(=O)(=O)Nc2cncc(-c3ccc4ncc(-c5cnn(C)c5)nc4c3)c2)c(F)c1. The zero-order chi connectivity index (χ0) is 23.9. The Balaban J connectivity index is 1.48. The number of sulfonamides is 1. The molecule has 8 nitrogen and oxygen atoms in total. The lowest BCUT2D eigenvalue weighted by Gasteiger charge is -2.11. The topological polar surface area (TPSA) is 103 Å². The standard InChI is InChI=1S/C24H19FN6O2S/c1-15-3-6-24(20(25)7-15)34(32,33)30-19-8-17(10-26-12-19)16-4-5-21-22(9-16)29-23(13-27-21)18-11-28-31(2)14-18/h3-14,30H,1-2H3. The van der Waals surface area contributed by atoms with Crippen LogP contribution in [0.4, 0.5) is 10.1 Å². The number of nitrogens with one attached hydrogen (secondary N) is 1. The van der Waals surface area contributed by atoms with Gasteiger partial charge in [0.15, 0.2) is 0 Å². The molecule has 5 aromatic rings. The van der Waals surface area contributed by atoms with E-state index in [1.54, 1.807) is 42.3 Å². The first kappa shape index (κ1) is 21.7. The third-order valence-electron chi connectivity index (χ3n) is 5.24. The number of halogens is 1. The molecular weight excluding hydrogens is 455 g/mol. The molecule has 10 heteroatoms. The van der Waals surface area contributed by atoms with Crippen LogP contribution < -0.4 is 4.72 Å². The van der Waals surface area contributed by atoms with Crippen LogP contribution in [0.3, 0.4) is 0 Å². The van der Waals surface area contributed by atoms with Crippen molar-refractivity contribution in [2.45, 2.75) is 11.8 Å². The molecule has 0 radical (unpaired) electrons. The molecule has 5 rings (SSSR count). The molecule has 0 saturated carbocycles. The minimum absolute atomic E-state index is 0.216. The molecule has 0 aliphatic carbocycles. The number of hydrogen-bond donors (Lipinski definition) is 1. The summed E-state index contributed by atoms with van der Waals surface area (Å²) in [6.07, 6.45) is 8.25. The normalized spacial score (nSPS) is 11.6. The summed E-state index contributed by atoms with van der Waals surface area (Å²) in [7, 11) is -2.29. The van der Waals surface area contributed by atoms with Crippen LogP contribution in [-0.2, 0) is 17.1 Å². The fourth-order valence-electron chi connectivity index (χ4n) is 3.57. The summed E-state index contributed by atoms with van der Waals surface area (Å²) < 4.78 is 43.8. The molecule has 0 bridgehead atoms. The van der Waals surface area contributed by atoms with Gasteiger partial charge in [0, 0.05) is 30.6 Å². The Labute approximate surface area is 195 Å². The van der Waals surface area contributed by atoms with E-state index in [9.17, 15) is 12.8 Å². The van der Waals surface area contributed by atoms with Crippen LogP contribution in [0.15, 0.2) is 78.3 Å². The smallest absolute Gasteiger partial charge is 0.264 e. The number of hydrogen-bond acceptors (Lipinski definition) is 6. The molecular formula is C24H19FN6O2S. The molecule has 3 aromatic heterocycles. The maximum absolute atomic E-state index is 14.2. The molecule has 170 valence electrons. The van der Waals surface area contributed by atoms with Crippen LogP contribution >= 0.6 is 0 Å². The van der Waals surface area contributed by atoms with Crippen LogP contribution in [0.5, 0.6) is 0 Å². The van der Waals surface area contributed by atoms with Gasteiger partial charge in [-0.15, -0.1) is 0 Å². The van der Waals surface area contributed by atoms with E-state index >= 15 is 0 Å². The highest BCUT2D eigenvalue weighted by molar-refractivity contribution is 7.92. The number of aromatic nitrogens is 5. The number of nitrogens with zero attached hydrogens (tertiary/aromatic N) is 5. The maximum Gasteiger partial charge on any atom is 0.264 e. The number of rotatable bonds is 5. The molecule has 0 aliphatic rings. The molecule has 0 aliphatic heterocycles. The fraction of sp³-hybridized carbons (Fsp3) is 0.0833. The molecule has 2 aromatic carbocycles. The van der Waals surface area contributed by atoms with Crippen LogP contribution in [-0.4, -0.2) is 33.2 Å². The number of fused-ring (bicyclic) bond motifs is 1. The predicted octanol–water partition coefficient (Wildman–Crippen LogP) is 4.34. The first-order valence-electron chi connectivity index (χ1n) is 10.3. The highest BCUT2D eigenvalue weighted by Crippen LogP contribution is 2.27. The van der Waals surface area contributed by atoms with Gasteiger partial charge in [-0.1, -0.05) is 12.1 Å². The zero-order valence-corrected chi connectivity index (χ0v) is 19.1. The Morgan fingerprint density at radius 2 is 1.76 bits per heavy atom. The van der Waals surface area contributed by atoms with E-state index in [1.807, 2.05) is 31.4 Å². The molecule has 0 unspecified atom stereocenters. The maximum atomic E-state index is 14.2. The number of anilines is 1. The third kappa shape index (κ3) is 4.23. The second-order valence-electron chi connectivity index (χ2n) is 7.86. The van der Waals surface area contributed by atoms with Crippen molar-refractivity contribution in [3.63, 3.8) is 0 Å². The molecule has 0 saturated heterocycles. The second-order valence-corrected chi connectivity index (χ2v) is 9.51. The van der Waals surface area contributed by atoms with Crippen molar-refractivity contribution < 1.29 is 12.8 Å². The van der Waals surface area contributed by atoms with E-state index in [0.29, 0.717) is 22.3 Å². The summed E-state index contributed by atoms with van der Waals surface area (Å²) in [5.74, 6) is -0.811. The monoisotopic (exact) mass is 474 g/mol. The fourth-order valence-corrected chi connectivity index (χ4v) is 4.67. The minimum atomic E-state index is -4.12. The van der Waals surface area contributed by atoms with E-state index in [1.165, 1.54) is 18.3 Å². The van der Waals surface area contributed by atoms with Crippen molar-refractivity contribution in [2.24, 2.45) is 7.05 Å². The zero-order valence-electron chi connectivity index (χ0n) is 18.3. The summed E-state index contributed by atoms with van der Waals surface area (Å²) >= 11 is 0. The molecule has 0 spiro atoms. The van der Waals surface area contributed by atoms with Gasteiger partial charge in [-0.25, -0.2) is 17.8 Å². The molecule has 0 atom stereocenters. The first-order valence-corrected chi connectivity index (χ1v) is 11.8. The van der Waals surface area contributed by atoms with E-state index in [4.69, 9.17) is 4.98 Å². The highest BCUT2D eigenvalue weighted by atomic mass is 32.2. The Morgan fingerprint density at radius 3 is 2.53 bits per heavy atom. The van der Waals surface area contributed by atoms with Crippen molar-refractivity contribution >= 4 is 26.7 Å². The average Bonchev–Trinajstić information content (AvgIpc) is 3.24. The summed E-state index contributed by atoms with van der Waals surface area (Å²) in [5, 5.41) is 4.17. The summed E-state index contributed by atoms with van der Waals surface area (Å²) in [5.41, 5.74) is 5.23. The van der Waals surface area contributed by atoms with Crippen molar-refractivity contribution in [1.82, 2.24) is 24.7 Å². The second kappa shape index (κ2) is 8.31. The lowest BCUT2D eigenvalue weighted by Crippen LogP contribution is -2.14. The Kier molecular flexibility index (Phi) is 5.29. The van der Waals surface area contributed by atoms with Gasteiger partial charge in [0.25, 0.3) is 10.0 Å². The van der Waals surface area contributed by atoms with Gasteiger partial charge in [0.05, 0.1) is 41.0 Å². The molecule has 1 N–H and O–H groups in total. The highest BCUT2D eigenvalue weighted by Gasteiger charge is 2.19. The summed E-state index contributed by atoms with van der Waals surface area (Å²) in [6.45, 7) is 1.69. The van der Waals surface area contributed by atoms with Gasteiger partial charge in [-0.2, -0.15) is 5.10 Å². The van der Waals surface area contributed by atoms with Crippen LogP contribution in [0.1, 0.15) is 5.56 Å². The summed E-state index contributed by atoms with van der Waals surface area (Å²) in [4.78, 5) is 12.9. The predicted molar refractivity (Wildman–Crippen MR) is 127 cm³/mol. The van der Waals surface area contributed by atoms with E-state index in [2.05, 4.69) is 19.8 Å². The van der Waals surface area contributed by atoms with Crippen molar-refractivity contribution in [3.05, 3.63) is 84.8 Å². The van der Waals surface area contributed by atoms with Gasteiger partial charge in [0.1, 0.15) is 10.7 Å². The van der Waals surface area contributed by atoms with Crippen molar-refractivity contribution in [2.75, 3.05) is 4.72 Å². The van der Waals surface area contributed by atoms with Gasteiger partial charge in [-0.3, -0.25) is 19.4 Å². The Bertz CT molecular complexity index is 1650. The number of benzene rings is 2. The van der Waals surface area contributed by atoms with Crippen LogP contribution in [0.2, 0.25) is 0 Å². The quantitative estimate of drug-likeness (QED) is 0.407.